The molecule has 0 atom stereocenters. The molecule has 0 aromatic carbocycles. The monoisotopic (exact) mass is 126 g/mol. The molecule has 1 N–H and O–H groups in total. The van der Waals surface area contributed by atoms with Crippen molar-refractivity contribution in [2.45, 2.75) is 13.8 Å². The largest absolute Gasteiger partial charge is 0.478 e. The molecular weight excluding hydrogens is 116 g/mol. The Kier molecular flexibility index (Phi) is 3.44. The molecule has 0 aromatic heterocycles. The van der Waals surface area contributed by atoms with Crippen molar-refractivity contribution < 1.29 is 9.90 Å². The Labute approximate surface area is 54.5 Å². The highest BCUT2D eigenvalue weighted by Crippen LogP contribution is 1.92. The SMILES string of the molecule is C/C=C\C(C)=C/C(=O)O. The first-order valence-electron chi connectivity index (χ1n) is 2.70. The lowest BCUT2D eigenvalue weighted by Gasteiger charge is -1.84. The highest BCUT2D eigenvalue weighted by atomic mass is 16.4. The first-order chi connectivity index (χ1) is 4.16. The van der Waals surface area contributed by atoms with Gasteiger partial charge in [0.2, 0.25) is 0 Å². The molecule has 0 rings (SSSR count). The van der Waals surface area contributed by atoms with Crippen LogP contribution in [-0.4, -0.2) is 11.1 Å². The van der Waals surface area contributed by atoms with Crippen molar-refractivity contribution in [3.8, 4) is 0 Å². The smallest absolute Gasteiger partial charge is 0.328 e. The van der Waals surface area contributed by atoms with E-state index < -0.39 is 5.97 Å². The summed E-state index contributed by atoms with van der Waals surface area (Å²) in [6.07, 6.45) is 4.71. The number of aliphatic carboxylic acids is 1. The summed E-state index contributed by atoms with van der Waals surface area (Å²) in [5.74, 6) is -0.898. The van der Waals surface area contributed by atoms with E-state index in [1.807, 2.05) is 6.92 Å². The van der Waals surface area contributed by atoms with Crippen molar-refractivity contribution in [3.63, 3.8) is 0 Å². The zero-order valence-electron chi connectivity index (χ0n) is 5.59. The van der Waals surface area contributed by atoms with Crippen LogP contribution in [0.25, 0.3) is 0 Å². The highest BCUT2D eigenvalue weighted by molar-refractivity contribution is 5.81. The topological polar surface area (TPSA) is 37.3 Å². The van der Waals surface area contributed by atoms with Gasteiger partial charge in [-0.05, 0) is 19.4 Å². The average Bonchev–Trinajstić information content (AvgIpc) is 1.63. The van der Waals surface area contributed by atoms with E-state index in [1.54, 1.807) is 19.1 Å². The quantitative estimate of drug-likeness (QED) is 0.450. The zero-order chi connectivity index (χ0) is 7.28. The molecule has 0 heterocycles. The Bertz CT molecular complexity index is 154. The third-order valence-electron chi connectivity index (χ3n) is 0.781. The molecule has 0 unspecified atom stereocenters. The Morgan fingerprint density at radius 2 is 2.11 bits per heavy atom. The number of carbonyl (C=O) groups is 1. The van der Waals surface area contributed by atoms with Gasteiger partial charge in [0.15, 0.2) is 0 Å². The van der Waals surface area contributed by atoms with Gasteiger partial charge in [-0.15, -0.1) is 0 Å². The summed E-state index contributed by atoms with van der Waals surface area (Å²) in [5.41, 5.74) is 0.755. The maximum absolute atomic E-state index is 9.97. The number of hydrogen-bond donors (Lipinski definition) is 1. The van der Waals surface area contributed by atoms with Crippen LogP contribution in [0.1, 0.15) is 13.8 Å². The standard InChI is InChI=1S/C7H10O2/c1-3-4-6(2)5-7(8)9/h3-5H,1-2H3,(H,8,9)/b4-3-,6-5-. The van der Waals surface area contributed by atoms with E-state index in [4.69, 9.17) is 5.11 Å². The summed E-state index contributed by atoms with van der Waals surface area (Å²) in [7, 11) is 0. The lowest BCUT2D eigenvalue weighted by atomic mass is 10.2. The molecule has 2 nitrogen and oxygen atoms in total. The van der Waals surface area contributed by atoms with Gasteiger partial charge < -0.3 is 5.11 Å². The van der Waals surface area contributed by atoms with E-state index in [0.717, 1.165) is 5.57 Å². The second-order valence-electron chi connectivity index (χ2n) is 1.73. The second-order valence-corrected chi connectivity index (χ2v) is 1.73. The van der Waals surface area contributed by atoms with Gasteiger partial charge in [-0.1, -0.05) is 12.2 Å². The number of carboxylic acids is 1. The summed E-state index contributed by atoms with van der Waals surface area (Å²) < 4.78 is 0. The van der Waals surface area contributed by atoms with Gasteiger partial charge in [-0.3, -0.25) is 0 Å². The molecule has 0 amide bonds. The summed E-state index contributed by atoms with van der Waals surface area (Å²) in [6.45, 7) is 3.59. The maximum Gasteiger partial charge on any atom is 0.328 e. The van der Waals surface area contributed by atoms with E-state index in [0.29, 0.717) is 0 Å². The van der Waals surface area contributed by atoms with Crippen LogP contribution in [0.5, 0.6) is 0 Å². The van der Waals surface area contributed by atoms with Crippen molar-refractivity contribution in [2.24, 2.45) is 0 Å². The van der Waals surface area contributed by atoms with Gasteiger partial charge in [-0.2, -0.15) is 0 Å². The molecule has 50 valence electrons. The molecule has 0 bridgehead atoms. The normalized spacial score (nSPS) is 12.4. The Morgan fingerprint density at radius 1 is 1.56 bits per heavy atom. The molecule has 0 aromatic rings. The number of allylic oxidation sites excluding steroid dienone is 3. The minimum Gasteiger partial charge on any atom is -0.478 e. The summed E-state index contributed by atoms with van der Waals surface area (Å²) in [4.78, 5) is 9.97. The van der Waals surface area contributed by atoms with Crippen LogP contribution in [0.3, 0.4) is 0 Å². The average molecular weight is 126 g/mol. The van der Waals surface area contributed by atoms with E-state index in [-0.39, 0.29) is 0 Å². The fourth-order valence-corrected chi connectivity index (χ4v) is 0.506. The van der Waals surface area contributed by atoms with Crippen LogP contribution >= 0.6 is 0 Å². The van der Waals surface area contributed by atoms with Crippen LogP contribution in [0.2, 0.25) is 0 Å². The van der Waals surface area contributed by atoms with Crippen molar-refractivity contribution in [3.05, 3.63) is 23.8 Å². The van der Waals surface area contributed by atoms with Crippen LogP contribution in [0.15, 0.2) is 23.8 Å². The van der Waals surface area contributed by atoms with Gasteiger partial charge >= 0.3 is 5.97 Å². The van der Waals surface area contributed by atoms with Crippen molar-refractivity contribution in [1.82, 2.24) is 0 Å². The van der Waals surface area contributed by atoms with Crippen molar-refractivity contribution >= 4 is 5.97 Å². The van der Waals surface area contributed by atoms with Crippen molar-refractivity contribution in [1.29, 1.82) is 0 Å². The third-order valence-corrected chi connectivity index (χ3v) is 0.781. The van der Waals surface area contributed by atoms with Crippen LogP contribution in [-0.2, 0) is 4.79 Å². The number of rotatable bonds is 2. The molecule has 0 saturated carbocycles. The maximum atomic E-state index is 9.97. The van der Waals surface area contributed by atoms with Gasteiger partial charge in [0.25, 0.3) is 0 Å². The van der Waals surface area contributed by atoms with Crippen LogP contribution in [0, 0.1) is 0 Å². The minimum absolute atomic E-state index is 0.755. The zero-order valence-corrected chi connectivity index (χ0v) is 5.59. The summed E-state index contributed by atoms with van der Waals surface area (Å²) >= 11 is 0. The molecule has 9 heavy (non-hydrogen) atoms. The van der Waals surface area contributed by atoms with E-state index in [9.17, 15) is 4.79 Å². The predicted molar refractivity (Wildman–Crippen MR) is 36.2 cm³/mol. The van der Waals surface area contributed by atoms with Gasteiger partial charge in [0, 0.05) is 6.08 Å². The summed E-state index contributed by atoms with van der Waals surface area (Å²) in [5, 5.41) is 8.20. The van der Waals surface area contributed by atoms with Crippen LogP contribution in [0.4, 0.5) is 0 Å². The fourth-order valence-electron chi connectivity index (χ4n) is 0.506. The third kappa shape index (κ3) is 4.81. The van der Waals surface area contributed by atoms with Crippen LogP contribution < -0.4 is 0 Å². The molecule has 0 fully saturated rings. The summed E-state index contributed by atoms with van der Waals surface area (Å²) in [6, 6.07) is 0. The first-order valence-corrected chi connectivity index (χ1v) is 2.70. The fraction of sp³-hybridized carbons (Fsp3) is 0.286. The second kappa shape index (κ2) is 3.89. The molecule has 0 aliphatic rings. The first kappa shape index (κ1) is 7.95. The Hall–Kier alpha value is -1.05. The Morgan fingerprint density at radius 3 is 2.44 bits per heavy atom. The molecule has 0 aliphatic carbocycles. The molecular formula is C7H10O2. The minimum atomic E-state index is -0.898. The number of carboxylic acid groups (broad SMARTS) is 1. The van der Waals surface area contributed by atoms with Gasteiger partial charge in [-0.25, -0.2) is 4.79 Å². The molecule has 2 heteroatoms. The number of hydrogen-bond acceptors (Lipinski definition) is 1. The van der Waals surface area contributed by atoms with Gasteiger partial charge in [0.05, 0.1) is 0 Å². The van der Waals surface area contributed by atoms with E-state index in [2.05, 4.69) is 0 Å². The van der Waals surface area contributed by atoms with E-state index >= 15 is 0 Å². The molecule has 0 spiro atoms. The highest BCUT2D eigenvalue weighted by Gasteiger charge is 1.86. The molecule has 0 aliphatic heterocycles. The van der Waals surface area contributed by atoms with Gasteiger partial charge in [0.1, 0.15) is 0 Å². The molecule has 0 saturated heterocycles. The lowest BCUT2D eigenvalue weighted by Crippen LogP contribution is -1.87. The lowest BCUT2D eigenvalue weighted by molar-refractivity contribution is -0.131. The van der Waals surface area contributed by atoms with E-state index in [1.165, 1.54) is 6.08 Å². The Balaban J connectivity index is 4.00. The molecule has 0 radical (unpaired) electrons. The predicted octanol–water partition coefficient (Wildman–Crippen LogP) is 1.59. The van der Waals surface area contributed by atoms with Crippen molar-refractivity contribution in [2.75, 3.05) is 0 Å².